The van der Waals surface area contributed by atoms with Gasteiger partial charge in [0, 0.05) is 42.6 Å². The highest BCUT2D eigenvalue weighted by atomic mass is 79.9. The highest BCUT2D eigenvalue weighted by Gasteiger charge is 2.38. The molecule has 1 atom stereocenters. The molecule has 1 unspecified atom stereocenters. The van der Waals surface area contributed by atoms with Crippen molar-refractivity contribution in [1.82, 2.24) is 9.88 Å². The molecular formula is C23H23BrF4N4O4S2. The van der Waals surface area contributed by atoms with Gasteiger partial charge in [-0.25, -0.2) is 22.6 Å². The maximum absolute atomic E-state index is 14.9. The molecule has 206 valence electrons. The van der Waals surface area contributed by atoms with Crippen molar-refractivity contribution in [2.24, 2.45) is 0 Å². The van der Waals surface area contributed by atoms with Crippen LogP contribution in [-0.4, -0.2) is 61.7 Å². The fourth-order valence-corrected chi connectivity index (χ4v) is 6.18. The van der Waals surface area contributed by atoms with Gasteiger partial charge in [-0.1, -0.05) is 30.3 Å². The van der Waals surface area contributed by atoms with Crippen LogP contribution in [0.2, 0.25) is 0 Å². The number of likely N-dealkylation sites (N-methyl/N-ethyl adjacent to an activating group) is 1. The van der Waals surface area contributed by atoms with Crippen LogP contribution in [0.3, 0.4) is 0 Å². The zero-order chi connectivity index (χ0) is 28.1. The van der Waals surface area contributed by atoms with Gasteiger partial charge in [-0.05, 0) is 40.0 Å². The molecule has 0 saturated carbocycles. The van der Waals surface area contributed by atoms with Gasteiger partial charge in [-0.15, -0.1) is 11.3 Å². The number of carboxylic acids is 1. The van der Waals surface area contributed by atoms with Gasteiger partial charge in [0.2, 0.25) is 0 Å². The highest BCUT2D eigenvalue weighted by molar-refractivity contribution is 9.10. The summed E-state index contributed by atoms with van der Waals surface area (Å²) >= 11 is 4.69. The molecule has 0 aliphatic carbocycles. The van der Waals surface area contributed by atoms with Gasteiger partial charge >= 0.3 is 12.1 Å². The summed E-state index contributed by atoms with van der Waals surface area (Å²) in [6, 6.07) is 13.1. The number of halogens is 5. The smallest absolute Gasteiger partial charge is 0.475 e. The van der Waals surface area contributed by atoms with E-state index in [0.29, 0.717) is 10.2 Å². The van der Waals surface area contributed by atoms with Crippen LogP contribution >= 0.6 is 27.3 Å². The molecule has 2 N–H and O–H groups in total. The van der Waals surface area contributed by atoms with Gasteiger partial charge in [-0.2, -0.15) is 13.2 Å². The van der Waals surface area contributed by atoms with Gasteiger partial charge in [0.1, 0.15) is 10.7 Å². The number of sulfonamides is 1. The topological polar surface area (TPSA) is 103 Å². The molecule has 1 aromatic heterocycles. The second-order valence-corrected chi connectivity index (χ2v) is 11.5. The van der Waals surface area contributed by atoms with Crippen LogP contribution in [0.15, 0.2) is 62.7 Å². The van der Waals surface area contributed by atoms with Crippen LogP contribution in [0.5, 0.6) is 0 Å². The number of benzene rings is 2. The van der Waals surface area contributed by atoms with Crippen LogP contribution < -0.4 is 9.62 Å². The average molecular weight is 639 g/mol. The zero-order valence-corrected chi connectivity index (χ0v) is 23.0. The van der Waals surface area contributed by atoms with Crippen LogP contribution in [0.1, 0.15) is 12.0 Å². The Morgan fingerprint density at radius 1 is 1.29 bits per heavy atom. The van der Waals surface area contributed by atoms with Crippen molar-refractivity contribution in [2.75, 3.05) is 29.8 Å². The number of likely N-dealkylation sites (tertiary alicyclic amines) is 1. The van der Waals surface area contributed by atoms with Crippen LogP contribution in [0, 0.1) is 5.82 Å². The summed E-state index contributed by atoms with van der Waals surface area (Å²) in [5.74, 6) is -3.38. The largest absolute Gasteiger partial charge is 0.490 e. The summed E-state index contributed by atoms with van der Waals surface area (Å²) in [6.45, 7) is 2.68. The predicted molar refractivity (Wildman–Crippen MR) is 139 cm³/mol. The molecule has 3 aromatic rings. The fraction of sp³-hybridized carbons (Fsp3) is 0.304. The van der Waals surface area contributed by atoms with Gasteiger partial charge in [-0.3, -0.25) is 9.62 Å². The quantitative estimate of drug-likeness (QED) is 0.343. The van der Waals surface area contributed by atoms with E-state index >= 15 is 0 Å². The summed E-state index contributed by atoms with van der Waals surface area (Å²) in [7, 11) is -2.16. The Bertz CT molecular complexity index is 1340. The van der Waals surface area contributed by atoms with E-state index in [2.05, 4.69) is 42.7 Å². The molecule has 1 aliphatic rings. The maximum Gasteiger partial charge on any atom is 0.490 e. The number of rotatable bonds is 7. The summed E-state index contributed by atoms with van der Waals surface area (Å²) in [4.78, 5) is 16.8. The Morgan fingerprint density at radius 3 is 2.53 bits per heavy atom. The number of aromatic nitrogens is 1. The average Bonchev–Trinajstić information content (AvgIpc) is 3.52. The number of alkyl halides is 3. The Hall–Kier alpha value is -2.75. The first-order chi connectivity index (χ1) is 17.8. The van der Waals surface area contributed by atoms with E-state index in [1.54, 1.807) is 5.38 Å². The molecule has 0 bridgehead atoms. The molecule has 4 rings (SSSR count). The van der Waals surface area contributed by atoms with E-state index in [4.69, 9.17) is 9.90 Å². The minimum Gasteiger partial charge on any atom is -0.475 e. The van der Waals surface area contributed by atoms with E-state index in [1.807, 2.05) is 30.1 Å². The molecule has 38 heavy (non-hydrogen) atoms. The summed E-state index contributed by atoms with van der Waals surface area (Å²) in [6.07, 6.45) is -4.14. The molecule has 1 saturated heterocycles. The molecule has 0 spiro atoms. The van der Waals surface area contributed by atoms with Crippen LogP contribution in [0.4, 0.5) is 29.1 Å². The SMILES string of the molecule is CN(c1cc(F)c(S(=O)(=O)Nc2cscn2)cc1Br)C1CCN(Cc2ccccc2)C1.O=C(O)C(F)(F)F. The number of nitrogens with one attached hydrogen (secondary N) is 1. The normalized spacial score (nSPS) is 16.0. The third-order valence-electron chi connectivity index (χ3n) is 5.63. The van der Waals surface area contributed by atoms with Gasteiger partial charge in [0.15, 0.2) is 5.82 Å². The minimum absolute atomic E-state index is 0.172. The Labute approximate surface area is 229 Å². The minimum atomic E-state index is -5.08. The lowest BCUT2D eigenvalue weighted by Crippen LogP contribution is -2.34. The second kappa shape index (κ2) is 12.4. The van der Waals surface area contributed by atoms with Crippen LogP contribution in [-0.2, 0) is 21.4 Å². The van der Waals surface area contributed by atoms with E-state index in [0.717, 1.165) is 26.1 Å². The lowest BCUT2D eigenvalue weighted by atomic mass is 10.2. The number of hydrogen-bond donors (Lipinski definition) is 2. The molecule has 1 fully saturated rings. The van der Waals surface area contributed by atoms with Crippen molar-refractivity contribution in [3.63, 3.8) is 0 Å². The van der Waals surface area contributed by atoms with Gasteiger partial charge in [0.05, 0.1) is 11.2 Å². The number of nitrogens with zero attached hydrogens (tertiary/aromatic N) is 3. The number of anilines is 2. The van der Waals surface area contributed by atoms with Crippen molar-refractivity contribution >= 4 is 54.8 Å². The highest BCUT2D eigenvalue weighted by Crippen LogP contribution is 2.34. The van der Waals surface area contributed by atoms with Crippen molar-refractivity contribution < 1.29 is 35.9 Å². The van der Waals surface area contributed by atoms with Crippen molar-refractivity contribution in [2.45, 2.75) is 30.1 Å². The molecule has 0 radical (unpaired) electrons. The van der Waals surface area contributed by atoms with Crippen molar-refractivity contribution in [3.05, 3.63) is 69.2 Å². The predicted octanol–water partition coefficient (Wildman–Crippen LogP) is 5.19. The van der Waals surface area contributed by atoms with Crippen molar-refractivity contribution in [1.29, 1.82) is 0 Å². The number of carbonyl (C=O) groups is 1. The zero-order valence-electron chi connectivity index (χ0n) is 19.8. The Morgan fingerprint density at radius 2 is 1.95 bits per heavy atom. The second-order valence-electron chi connectivity index (χ2n) is 8.29. The first-order valence-corrected chi connectivity index (χ1v) is 14.2. The van der Waals surface area contributed by atoms with Gasteiger partial charge in [0.25, 0.3) is 10.0 Å². The summed E-state index contributed by atoms with van der Waals surface area (Å²) in [5.41, 5.74) is 3.39. The lowest BCUT2D eigenvalue weighted by molar-refractivity contribution is -0.192. The first-order valence-electron chi connectivity index (χ1n) is 11.0. The van der Waals surface area contributed by atoms with Gasteiger partial charge < -0.3 is 10.0 Å². The molecule has 15 heteroatoms. The van der Waals surface area contributed by atoms with E-state index in [9.17, 15) is 26.0 Å². The third kappa shape index (κ3) is 7.88. The van der Waals surface area contributed by atoms with Crippen LogP contribution in [0.25, 0.3) is 0 Å². The molecule has 2 aromatic carbocycles. The molecule has 1 aliphatic heterocycles. The van der Waals surface area contributed by atoms with E-state index in [-0.39, 0.29) is 11.9 Å². The summed E-state index contributed by atoms with van der Waals surface area (Å²) in [5, 5.41) is 8.67. The molecule has 0 amide bonds. The molecule has 8 nitrogen and oxygen atoms in total. The lowest BCUT2D eigenvalue weighted by Gasteiger charge is -2.28. The first kappa shape index (κ1) is 29.8. The number of hydrogen-bond acceptors (Lipinski definition) is 7. The van der Waals surface area contributed by atoms with E-state index in [1.165, 1.54) is 34.5 Å². The molecular weight excluding hydrogens is 616 g/mol. The molecule has 2 heterocycles. The summed E-state index contributed by atoms with van der Waals surface area (Å²) < 4.78 is 74.6. The monoisotopic (exact) mass is 638 g/mol. The number of thiazole rings is 1. The third-order valence-corrected chi connectivity index (χ3v) is 8.22. The Kier molecular flexibility index (Phi) is 9.73. The fourth-order valence-electron chi connectivity index (χ4n) is 3.76. The standard InChI is InChI=1S/C21H22BrFN4O2S2.C2HF3O2/c1-26(16-7-8-27(12-16)11-15-5-3-2-4-6-15)19-10-18(23)20(9-17(19)22)31(28,29)25-21-13-30-14-24-21;3-2(4,5)1(6)7/h2-6,9-10,13-14,16,25H,7-8,11-12H2,1H3;(H,6,7). The number of carboxylic acid groups (broad SMARTS) is 1. The van der Waals surface area contributed by atoms with Crippen molar-refractivity contribution in [3.8, 4) is 0 Å². The van der Waals surface area contributed by atoms with E-state index < -0.39 is 32.9 Å². The maximum atomic E-state index is 14.9. The Balaban J connectivity index is 0.000000505. The number of aliphatic carboxylic acids is 1.